The van der Waals surface area contributed by atoms with E-state index in [0.29, 0.717) is 6.21 Å². The van der Waals surface area contributed by atoms with Gasteiger partial charge in [0.2, 0.25) is 11.8 Å². The van der Waals surface area contributed by atoms with Crippen molar-refractivity contribution < 1.29 is 41.5 Å². The smallest absolute Gasteiger partial charge is 0.400 e. The molecule has 2 unspecified atom stereocenters. The van der Waals surface area contributed by atoms with Crippen molar-refractivity contribution in [2.45, 2.75) is 56.5 Å². The number of hydrogen-bond acceptors (Lipinski definition) is 5. The van der Waals surface area contributed by atoms with Crippen LogP contribution in [0.25, 0.3) is 0 Å². The Bertz CT molecular complexity index is 1370. The molecule has 5 rings (SSSR count). The van der Waals surface area contributed by atoms with E-state index in [0.717, 1.165) is 23.8 Å². The molecule has 4 amide bonds. The van der Waals surface area contributed by atoms with Gasteiger partial charge in [-0.05, 0) is 37.5 Å². The maximum atomic E-state index is 15.3. The van der Waals surface area contributed by atoms with Gasteiger partial charge >= 0.3 is 6.18 Å². The van der Waals surface area contributed by atoms with Crippen molar-refractivity contribution in [3.05, 3.63) is 64.5 Å². The Labute approximate surface area is 213 Å². The molecule has 2 aliphatic heterocycles. The molecule has 2 aromatic carbocycles. The number of amides is 4. The second-order valence-electron chi connectivity index (χ2n) is 9.31. The van der Waals surface area contributed by atoms with Gasteiger partial charge in [0.25, 0.3) is 11.8 Å². The highest BCUT2D eigenvalue weighted by Crippen LogP contribution is 2.40. The van der Waals surface area contributed by atoms with Gasteiger partial charge in [0.05, 0.1) is 18.2 Å². The molecule has 12 heteroatoms. The number of nitrogens with zero attached hydrogens (tertiary/aromatic N) is 2. The van der Waals surface area contributed by atoms with E-state index in [1.807, 2.05) is 0 Å². The Kier molecular flexibility index (Phi) is 6.49. The molecule has 1 saturated heterocycles. The maximum absolute atomic E-state index is 15.3. The average molecular weight is 531 g/mol. The highest BCUT2D eigenvalue weighted by molar-refractivity contribution is 6.06. The molecule has 1 aliphatic carbocycles. The lowest BCUT2D eigenvalue weighted by Crippen LogP contribution is -2.52. The van der Waals surface area contributed by atoms with Gasteiger partial charge in [-0.3, -0.25) is 24.5 Å². The lowest BCUT2D eigenvalue weighted by Gasteiger charge is -2.29. The summed E-state index contributed by atoms with van der Waals surface area (Å²) in [5, 5.41) is 2.13. The first-order valence-corrected chi connectivity index (χ1v) is 11.9. The number of carbonyl (C=O) groups is 4. The van der Waals surface area contributed by atoms with Crippen molar-refractivity contribution in [3.63, 3.8) is 0 Å². The first-order chi connectivity index (χ1) is 18.0. The molecule has 38 heavy (non-hydrogen) atoms. The highest BCUT2D eigenvalue weighted by Gasteiger charge is 2.43. The Balaban J connectivity index is 1.39. The van der Waals surface area contributed by atoms with Crippen molar-refractivity contribution in [1.29, 1.82) is 0 Å². The number of aliphatic imine (C=N–C) groups is 1. The summed E-state index contributed by atoms with van der Waals surface area (Å²) in [6.07, 6.45) is -3.01. The fourth-order valence-electron chi connectivity index (χ4n) is 4.53. The molecule has 3 aliphatic rings. The third-order valence-corrected chi connectivity index (χ3v) is 6.65. The predicted molar refractivity (Wildman–Crippen MR) is 124 cm³/mol. The molecule has 2 atom stereocenters. The quantitative estimate of drug-likeness (QED) is 0.348. The zero-order valence-electron chi connectivity index (χ0n) is 19.8. The van der Waals surface area contributed by atoms with Crippen LogP contribution in [0.5, 0.6) is 5.75 Å². The topological polar surface area (TPSA) is 105 Å². The Hall–Kier alpha value is -4.09. The van der Waals surface area contributed by atoms with Gasteiger partial charge < -0.3 is 9.64 Å². The van der Waals surface area contributed by atoms with Crippen LogP contribution in [-0.4, -0.2) is 53.1 Å². The summed E-state index contributed by atoms with van der Waals surface area (Å²) in [4.78, 5) is 53.6. The number of benzene rings is 2. The Morgan fingerprint density at radius 2 is 1.84 bits per heavy atom. The third kappa shape index (κ3) is 4.90. The van der Waals surface area contributed by atoms with Crippen LogP contribution in [0.3, 0.4) is 0 Å². The number of carbonyl (C=O) groups excluding carboxylic acids is 4. The molecule has 2 fully saturated rings. The fourth-order valence-corrected chi connectivity index (χ4v) is 4.53. The molecule has 198 valence electrons. The van der Waals surface area contributed by atoms with Crippen LogP contribution >= 0.6 is 0 Å². The van der Waals surface area contributed by atoms with Crippen LogP contribution in [0, 0.1) is 5.82 Å². The zero-order valence-corrected chi connectivity index (χ0v) is 19.8. The minimum Gasteiger partial charge on any atom is -0.490 e. The molecule has 1 N–H and O–H groups in total. The average Bonchev–Trinajstić information content (AvgIpc) is 3.61. The standard InChI is InChI=1S/C26H21F4N3O5/c27-22-16(8-7-14-17(22)12-33(25(14)37)19-9-10-21(34)32-24(19)36)23(35)31-11-18(26(28,29)30)15-3-1-2-4-20(15)38-13-5-6-13/h1-4,7-8,11,13,18-19H,5-6,9-10,12H2,(H,32,34,36). The largest absolute Gasteiger partial charge is 0.490 e. The van der Waals surface area contributed by atoms with Gasteiger partial charge in [-0.25, -0.2) is 9.38 Å². The van der Waals surface area contributed by atoms with Crippen LogP contribution in [-0.2, 0) is 16.1 Å². The second-order valence-corrected chi connectivity index (χ2v) is 9.31. The van der Waals surface area contributed by atoms with Crippen LogP contribution in [0.2, 0.25) is 0 Å². The Morgan fingerprint density at radius 3 is 2.53 bits per heavy atom. The first kappa shape index (κ1) is 25.6. The SMILES string of the molecule is O=C1CCC(N2Cc3c(ccc(C(=O)N=CC(c4ccccc4OC4CC4)C(F)(F)F)c3F)C2=O)C(=O)N1. The molecular weight excluding hydrogens is 510 g/mol. The van der Waals surface area contributed by atoms with E-state index in [4.69, 9.17) is 4.74 Å². The van der Waals surface area contributed by atoms with E-state index >= 15 is 4.39 Å². The first-order valence-electron chi connectivity index (χ1n) is 11.9. The number of alkyl halides is 3. The van der Waals surface area contributed by atoms with Gasteiger partial charge in [0.15, 0.2) is 0 Å². The van der Waals surface area contributed by atoms with Crippen LogP contribution in [0.15, 0.2) is 41.4 Å². The van der Waals surface area contributed by atoms with Crippen molar-refractivity contribution in [2.75, 3.05) is 0 Å². The summed E-state index contributed by atoms with van der Waals surface area (Å²) >= 11 is 0. The molecule has 2 heterocycles. The van der Waals surface area contributed by atoms with Crippen molar-refractivity contribution in [3.8, 4) is 5.75 Å². The lowest BCUT2D eigenvalue weighted by atomic mass is 9.98. The summed E-state index contributed by atoms with van der Waals surface area (Å²) < 4.78 is 62.7. The molecular formula is C26H21F4N3O5. The summed E-state index contributed by atoms with van der Waals surface area (Å²) in [5.74, 6) is -6.42. The summed E-state index contributed by atoms with van der Waals surface area (Å²) in [6.45, 7) is -0.339. The van der Waals surface area contributed by atoms with Crippen LogP contribution < -0.4 is 10.1 Å². The van der Waals surface area contributed by atoms with E-state index in [1.54, 1.807) is 0 Å². The monoisotopic (exact) mass is 531 g/mol. The van der Waals surface area contributed by atoms with E-state index in [9.17, 15) is 32.3 Å². The van der Waals surface area contributed by atoms with Crippen LogP contribution in [0.4, 0.5) is 17.6 Å². The molecule has 2 aromatic rings. The number of ether oxygens (including phenoxy) is 1. The van der Waals surface area contributed by atoms with Gasteiger partial charge in [-0.2, -0.15) is 13.2 Å². The minimum absolute atomic E-state index is 0.00661. The number of imide groups is 1. The number of piperidine rings is 1. The molecule has 1 saturated carbocycles. The summed E-state index contributed by atoms with van der Waals surface area (Å²) in [5.41, 5.74) is -1.08. The number of rotatable bonds is 6. The Morgan fingerprint density at radius 1 is 1.11 bits per heavy atom. The van der Waals surface area contributed by atoms with Crippen molar-refractivity contribution in [1.82, 2.24) is 10.2 Å². The molecule has 0 aromatic heterocycles. The van der Waals surface area contributed by atoms with Gasteiger partial charge in [-0.1, -0.05) is 18.2 Å². The third-order valence-electron chi connectivity index (χ3n) is 6.65. The summed E-state index contributed by atoms with van der Waals surface area (Å²) in [6, 6.07) is 6.76. The number of nitrogens with one attached hydrogen (secondary N) is 1. The normalized spacial score (nSPS) is 20.5. The number of halogens is 4. The van der Waals surface area contributed by atoms with Crippen LogP contribution in [0.1, 0.15) is 63.4 Å². The molecule has 0 spiro atoms. The van der Waals surface area contributed by atoms with E-state index in [1.165, 1.54) is 30.3 Å². The number of hydrogen-bond donors (Lipinski definition) is 1. The van der Waals surface area contributed by atoms with E-state index in [2.05, 4.69) is 10.3 Å². The van der Waals surface area contributed by atoms with Crippen molar-refractivity contribution in [2.24, 2.45) is 4.99 Å². The highest BCUT2D eigenvalue weighted by atomic mass is 19.4. The van der Waals surface area contributed by atoms with E-state index < -0.39 is 53.1 Å². The fraction of sp³-hybridized carbons (Fsp3) is 0.346. The number of para-hydroxylation sites is 1. The zero-order chi connectivity index (χ0) is 27.2. The van der Waals surface area contributed by atoms with Gasteiger partial charge in [-0.15, -0.1) is 0 Å². The molecule has 0 radical (unpaired) electrons. The number of fused-ring (bicyclic) bond motifs is 1. The molecule has 8 nitrogen and oxygen atoms in total. The van der Waals surface area contributed by atoms with Gasteiger partial charge in [0.1, 0.15) is 23.5 Å². The predicted octanol–water partition coefficient (Wildman–Crippen LogP) is 3.69. The second kappa shape index (κ2) is 9.66. The molecule has 0 bridgehead atoms. The summed E-state index contributed by atoms with van der Waals surface area (Å²) in [7, 11) is 0. The minimum atomic E-state index is -4.81. The van der Waals surface area contributed by atoms with Gasteiger partial charge in [0, 0.05) is 29.3 Å². The van der Waals surface area contributed by atoms with E-state index in [-0.39, 0.29) is 47.9 Å². The van der Waals surface area contributed by atoms with Crippen molar-refractivity contribution >= 4 is 29.8 Å². The lowest BCUT2D eigenvalue weighted by molar-refractivity contribution is -0.137. The maximum Gasteiger partial charge on any atom is 0.400 e.